The molecule has 0 aliphatic rings. The van der Waals surface area contributed by atoms with Gasteiger partial charge in [-0.3, -0.25) is 9.59 Å². The number of pyridine rings is 1. The first-order chi connectivity index (χ1) is 7.54. The average Bonchev–Trinajstić information content (AvgIpc) is 2.27. The standard InChI is InChI=1S/C10H8ClNO4/c1-16-10(15)8(14)5-7(13)6-2-3-12-9(11)4-6/h2-4H,5H2,1H3. The quantitative estimate of drug-likeness (QED) is 0.259. The highest BCUT2D eigenvalue weighted by molar-refractivity contribution is 6.38. The van der Waals surface area contributed by atoms with Crippen molar-refractivity contribution in [2.24, 2.45) is 0 Å². The Morgan fingerprint density at radius 1 is 1.44 bits per heavy atom. The van der Waals surface area contributed by atoms with Gasteiger partial charge in [0.1, 0.15) is 5.15 Å². The maximum Gasteiger partial charge on any atom is 0.374 e. The van der Waals surface area contributed by atoms with Crippen molar-refractivity contribution < 1.29 is 19.1 Å². The van der Waals surface area contributed by atoms with Crippen molar-refractivity contribution >= 4 is 29.1 Å². The number of ketones is 2. The van der Waals surface area contributed by atoms with Gasteiger partial charge in [0.2, 0.25) is 5.78 Å². The van der Waals surface area contributed by atoms with Crippen molar-refractivity contribution in [3.63, 3.8) is 0 Å². The van der Waals surface area contributed by atoms with E-state index < -0.39 is 24.0 Å². The van der Waals surface area contributed by atoms with Crippen LogP contribution < -0.4 is 0 Å². The number of carbonyl (C=O) groups is 3. The molecule has 6 heteroatoms. The molecule has 0 saturated heterocycles. The molecule has 0 aliphatic carbocycles. The van der Waals surface area contributed by atoms with Gasteiger partial charge in [0.25, 0.3) is 0 Å². The lowest BCUT2D eigenvalue weighted by Crippen LogP contribution is -2.19. The van der Waals surface area contributed by atoms with Crippen molar-refractivity contribution in [3.05, 3.63) is 29.0 Å². The lowest BCUT2D eigenvalue weighted by Gasteiger charge is -1.99. The van der Waals surface area contributed by atoms with Gasteiger partial charge in [-0.1, -0.05) is 11.6 Å². The molecule has 0 aliphatic heterocycles. The van der Waals surface area contributed by atoms with E-state index in [9.17, 15) is 14.4 Å². The van der Waals surface area contributed by atoms with Crippen LogP contribution in [-0.2, 0) is 14.3 Å². The van der Waals surface area contributed by atoms with Gasteiger partial charge in [0.15, 0.2) is 5.78 Å². The maximum absolute atomic E-state index is 11.5. The fourth-order valence-electron chi connectivity index (χ4n) is 1.01. The molecule has 1 heterocycles. The number of methoxy groups -OCH3 is 1. The van der Waals surface area contributed by atoms with Crippen molar-refractivity contribution in [1.82, 2.24) is 4.98 Å². The fraction of sp³-hybridized carbons (Fsp3) is 0.200. The van der Waals surface area contributed by atoms with Gasteiger partial charge in [-0.25, -0.2) is 9.78 Å². The van der Waals surface area contributed by atoms with E-state index in [0.29, 0.717) is 0 Å². The number of aromatic nitrogens is 1. The van der Waals surface area contributed by atoms with Gasteiger partial charge in [0.05, 0.1) is 13.5 Å². The Labute approximate surface area is 96.4 Å². The third-order valence-corrected chi connectivity index (χ3v) is 1.99. The summed E-state index contributed by atoms with van der Waals surface area (Å²) in [6.45, 7) is 0. The average molecular weight is 242 g/mol. The normalized spacial score (nSPS) is 9.62. The first-order valence-electron chi connectivity index (χ1n) is 4.30. The minimum absolute atomic E-state index is 0.149. The van der Waals surface area contributed by atoms with E-state index in [1.165, 1.54) is 18.3 Å². The van der Waals surface area contributed by atoms with Gasteiger partial charge in [0, 0.05) is 11.8 Å². The smallest absolute Gasteiger partial charge is 0.374 e. The van der Waals surface area contributed by atoms with E-state index in [-0.39, 0.29) is 10.7 Å². The summed E-state index contributed by atoms with van der Waals surface area (Å²) < 4.78 is 4.19. The number of carbonyl (C=O) groups excluding carboxylic acids is 3. The molecule has 1 rings (SSSR count). The Morgan fingerprint density at radius 3 is 2.69 bits per heavy atom. The zero-order chi connectivity index (χ0) is 12.1. The SMILES string of the molecule is COC(=O)C(=O)CC(=O)c1ccnc(Cl)c1. The van der Waals surface area contributed by atoms with Gasteiger partial charge in [-0.2, -0.15) is 0 Å². The van der Waals surface area contributed by atoms with Crippen LogP contribution in [0.25, 0.3) is 0 Å². The molecular formula is C10H8ClNO4. The van der Waals surface area contributed by atoms with Gasteiger partial charge < -0.3 is 4.74 Å². The van der Waals surface area contributed by atoms with Gasteiger partial charge in [-0.15, -0.1) is 0 Å². The summed E-state index contributed by atoms with van der Waals surface area (Å²) in [4.78, 5) is 37.1. The molecule has 1 aromatic heterocycles. The molecule has 0 radical (unpaired) electrons. The van der Waals surface area contributed by atoms with E-state index in [1.54, 1.807) is 0 Å². The minimum Gasteiger partial charge on any atom is -0.463 e. The summed E-state index contributed by atoms with van der Waals surface area (Å²) in [5.41, 5.74) is 0.234. The number of nitrogens with zero attached hydrogens (tertiary/aromatic N) is 1. The first kappa shape index (κ1) is 12.3. The van der Waals surface area contributed by atoms with E-state index in [0.717, 1.165) is 7.11 Å². The first-order valence-corrected chi connectivity index (χ1v) is 4.68. The largest absolute Gasteiger partial charge is 0.463 e. The topological polar surface area (TPSA) is 73.3 Å². The molecular weight excluding hydrogens is 234 g/mol. The molecule has 0 aromatic carbocycles. The summed E-state index contributed by atoms with van der Waals surface area (Å²) in [7, 11) is 1.08. The number of halogens is 1. The predicted molar refractivity (Wildman–Crippen MR) is 55.2 cm³/mol. The second-order valence-electron chi connectivity index (χ2n) is 2.88. The summed E-state index contributed by atoms with van der Waals surface area (Å²) in [6.07, 6.45) is 0.811. The lowest BCUT2D eigenvalue weighted by atomic mass is 10.1. The molecule has 0 fully saturated rings. The highest BCUT2D eigenvalue weighted by atomic mass is 35.5. The molecule has 5 nitrogen and oxygen atoms in total. The van der Waals surface area contributed by atoms with Crippen LogP contribution in [0.4, 0.5) is 0 Å². The highest BCUT2D eigenvalue weighted by Gasteiger charge is 2.19. The second kappa shape index (κ2) is 5.37. The van der Waals surface area contributed by atoms with Crippen molar-refractivity contribution in [3.8, 4) is 0 Å². The molecule has 16 heavy (non-hydrogen) atoms. The predicted octanol–water partition coefficient (Wildman–Crippen LogP) is 1.05. The summed E-state index contributed by atoms with van der Waals surface area (Å²) >= 11 is 5.58. The van der Waals surface area contributed by atoms with Crippen LogP contribution in [0.15, 0.2) is 18.3 Å². The molecule has 0 saturated carbocycles. The summed E-state index contributed by atoms with van der Waals surface area (Å²) in [5.74, 6) is -2.42. The Balaban J connectivity index is 2.73. The number of hydrogen-bond donors (Lipinski definition) is 0. The van der Waals surface area contributed by atoms with Crippen LogP contribution in [0.2, 0.25) is 5.15 Å². The van der Waals surface area contributed by atoms with E-state index in [4.69, 9.17) is 11.6 Å². The monoisotopic (exact) mass is 241 g/mol. The van der Waals surface area contributed by atoms with Crippen LogP contribution in [0.3, 0.4) is 0 Å². The zero-order valence-electron chi connectivity index (χ0n) is 8.40. The molecule has 0 bridgehead atoms. The van der Waals surface area contributed by atoms with E-state index >= 15 is 0 Å². The Bertz CT molecular complexity index is 444. The number of rotatable bonds is 4. The van der Waals surface area contributed by atoms with Crippen LogP contribution in [0, 0.1) is 0 Å². The van der Waals surface area contributed by atoms with Gasteiger partial charge in [-0.05, 0) is 12.1 Å². The molecule has 1 aromatic rings. The number of Topliss-reactive ketones (excluding diaryl/α,β-unsaturated/α-hetero) is 2. The molecule has 0 amide bonds. The zero-order valence-corrected chi connectivity index (χ0v) is 9.15. The van der Waals surface area contributed by atoms with Crippen LogP contribution in [0.5, 0.6) is 0 Å². The fourth-order valence-corrected chi connectivity index (χ4v) is 1.18. The van der Waals surface area contributed by atoms with Crippen LogP contribution in [-0.4, -0.2) is 29.6 Å². The highest BCUT2D eigenvalue weighted by Crippen LogP contribution is 2.09. The molecule has 84 valence electrons. The lowest BCUT2D eigenvalue weighted by molar-refractivity contribution is -0.151. The number of esters is 1. The molecule has 0 N–H and O–H groups in total. The van der Waals surface area contributed by atoms with Gasteiger partial charge >= 0.3 is 5.97 Å². The van der Waals surface area contributed by atoms with Crippen molar-refractivity contribution in [1.29, 1.82) is 0 Å². The summed E-state index contributed by atoms with van der Waals surface area (Å²) in [6, 6.07) is 2.74. The number of ether oxygens (including phenoxy) is 1. The number of hydrogen-bond acceptors (Lipinski definition) is 5. The second-order valence-corrected chi connectivity index (χ2v) is 3.27. The Hall–Kier alpha value is -1.75. The Kier molecular flexibility index (Phi) is 4.13. The summed E-state index contributed by atoms with van der Waals surface area (Å²) in [5, 5.41) is 0.149. The molecule has 0 atom stereocenters. The Morgan fingerprint density at radius 2 is 2.12 bits per heavy atom. The van der Waals surface area contributed by atoms with E-state index in [1.807, 2.05) is 0 Å². The third kappa shape index (κ3) is 3.13. The molecule has 0 spiro atoms. The van der Waals surface area contributed by atoms with E-state index in [2.05, 4.69) is 9.72 Å². The van der Waals surface area contributed by atoms with Crippen molar-refractivity contribution in [2.75, 3.05) is 7.11 Å². The maximum atomic E-state index is 11.5. The third-order valence-electron chi connectivity index (χ3n) is 1.78. The minimum atomic E-state index is -1.03. The molecule has 0 unspecified atom stereocenters. The van der Waals surface area contributed by atoms with Crippen LogP contribution >= 0.6 is 11.6 Å². The van der Waals surface area contributed by atoms with Crippen molar-refractivity contribution in [2.45, 2.75) is 6.42 Å². The van der Waals surface area contributed by atoms with Crippen LogP contribution in [0.1, 0.15) is 16.8 Å².